The van der Waals surface area contributed by atoms with Gasteiger partial charge in [0.25, 0.3) is 0 Å². The van der Waals surface area contributed by atoms with Gasteiger partial charge < -0.3 is 5.11 Å². The highest BCUT2D eigenvalue weighted by Gasteiger charge is 2.15. The van der Waals surface area contributed by atoms with Crippen LogP contribution in [0.25, 0.3) is 10.2 Å². The summed E-state index contributed by atoms with van der Waals surface area (Å²) in [6, 6.07) is 13.4. The van der Waals surface area contributed by atoms with Crippen LogP contribution in [-0.4, -0.2) is 15.8 Å². The molecule has 1 N–H and O–H groups in total. The van der Waals surface area contributed by atoms with Crippen LogP contribution in [0.3, 0.4) is 0 Å². The molecular weight excluding hydrogens is 272 g/mol. The molecule has 0 saturated carbocycles. The average Bonchev–Trinajstić information content (AvgIpc) is 2.76. The van der Waals surface area contributed by atoms with Crippen LogP contribution in [-0.2, 0) is 13.1 Å². The lowest BCUT2D eigenvalue weighted by atomic mass is 10.3. The van der Waals surface area contributed by atoms with E-state index in [1.807, 2.05) is 59.4 Å². The van der Waals surface area contributed by atoms with Crippen molar-refractivity contribution in [3.63, 3.8) is 0 Å². The van der Waals surface area contributed by atoms with Gasteiger partial charge in [-0.1, -0.05) is 29.5 Å². The molecule has 4 nitrogen and oxygen atoms in total. The smallest absolute Gasteiger partial charge is 0.308 e. The Bertz CT molecular complexity index is 764. The number of rotatable bonds is 4. The van der Waals surface area contributed by atoms with E-state index in [9.17, 15) is 9.90 Å². The van der Waals surface area contributed by atoms with Crippen molar-refractivity contribution in [2.75, 3.05) is 0 Å². The Labute approximate surface area is 120 Å². The highest BCUT2D eigenvalue weighted by atomic mass is 32.1. The van der Waals surface area contributed by atoms with Gasteiger partial charge in [-0.2, -0.15) is 0 Å². The van der Waals surface area contributed by atoms with Crippen LogP contribution in [0.2, 0.25) is 0 Å². The number of fused-ring (bicyclic) bond motifs is 1. The number of hydrogen-bond donors (Lipinski definition) is 1. The number of aliphatic hydroxyl groups excluding tert-OH is 1. The minimum atomic E-state index is -0.599. The fraction of sp³-hybridized carbons (Fsp3) is 0.200. The van der Waals surface area contributed by atoms with Gasteiger partial charge in [0.2, 0.25) is 0 Å². The molecule has 20 heavy (non-hydrogen) atoms. The SMILES string of the molecule is O=c1sc2ccccc2n1CC(O)C[n+]1ccccc1. The molecule has 1 aromatic carbocycles. The van der Waals surface area contributed by atoms with Crippen molar-refractivity contribution >= 4 is 21.6 Å². The molecule has 0 aliphatic rings. The molecular formula is C15H15N2O2S+. The summed E-state index contributed by atoms with van der Waals surface area (Å²) >= 11 is 1.22. The van der Waals surface area contributed by atoms with Crippen molar-refractivity contribution in [2.45, 2.75) is 19.2 Å². The Kier molecular flexibility index (Phi) is 3.62. The maximum atomic E-state index is 12.0. The van der Waals surface area contributed by atoms with Gasteiger partial charge in [-0.15, -0.1) is 0 Å². The molecule has 3 aromatic rings. The maximum absolute atomic E-state index is 12.0. The highest BCUT2D eigenvalue weighted by molar-refractivity contribution is 7.16. The van der Waals surface area contributed by atoms with Crippen LogP contribution in [0.15, 0.2) is 59.7 Å². The number of benzene rings is 1. The molecule has 0 spiro atoms. The fourth-order valence-corrected chi connectivity index (χ4v) is 3.16. The summed E-state index contributed by atoms with van der Waals surface area (Å²) in [7, 11) is 0. The third kappa shape index (κ3) is 2.64. The summed E-state index contributed by atoms with van der Waals surface area (Å²) in [6.07, 6.45) is 3.20. The molecule has 0 fully saturated rings. The van der Waals surface area contributed by atoms with Gasteiger partial charge in [0.15, 0.2) is 18.9 Å². The molecule has 1 atom stereocenters. The first-order valence-electron chi connectivity index (χ1n) is 6.44. The lowest BCUT2D eigenvalue weighted by Crippen LogP contribution is -2.41. The number of nitrogens with zero attached hydrogens (tertiary/aromatic N) is 2. The number of para-hydroxylation sites is 1. The fourth-order valence-electron chi connectivity index (χ4n) is 2.25. The Balaban J connectivity index is 1.83. The van der Waals surface area contributed by atoms with Crippen LogP contribution in [0, 0.1) is 0 Å². The predicted octanol–water partition coefficient (Wildman–Crippen LogP) is 1.41. The summed E-state index contributed by atoms with van der Waals surface area (Å²) in [5.41, 5.74) is 0.889. The summed E-state index contributed by atoms with van der Waals surface area (Å²) in [6.45, 7) is 0.780. The molecule has 0 amide bonds. The van der Waals surface area contributed by atoms with Crippen molar-refractivity contribution < 1.29 is 9.67 Å². The third-order valence-corrected chi connectivity index (χ3v) is 4.13. The second-order valence-electron chi connectivity index (χ2n) is 4.67. The largest absolute Gasteiger partial charge is 0.385 e. The molecule has 0 radical (unpaired) electrons. The number of aromatic nitrogens is 2. The molecule has 2 aromatic heterocycles. The van der Waals surface area contributed by atoms with Gasteiger partial charge in [0.05, 0.1) is 16.8 Å². The van der Waals surface area contributed by atoms with Crippen molar-refractivity contribution in [3.8, 4) is 0 Å². The zero-order valence-corrected chi connectivity index (χ0v) is 11.7. The molecule has 5 heteroatoms. The van der Waals surface area contributed by atoms with Crippen LogP contribution in [0.4, 0.5) is 0 Å². The first kappa shape index (κ1) is 13.0. The third-order valence-electron chi connectivity index (χ3n) is 3.17. The normalized spacial score (nSPS) is 12.7. The average molecular weight is 287 g/mol. The number of pyridine rings is 1. The lowest BCUT2D eigenvalue weighted by Gasteiger charge is -2.08. The molecule has 0 aliphatic heterocycles. The van der Waals surface area contributed by atoms with Crippen LogP contribution >= 0.6 is 11.3 Å². The second-order valence-corrected chi connectivity index (χ2v) is 5.67. The highest BCUT2D eigenvalue weighted by Crippen LogP contribution is 2.16. The van der Waals surface area contributed by atoms with Gasteiger partial charge in [-0.05, 0) is 12.1 Å². The quantitative estimate of drug-likeness (QED) is 0.738. The van der Waals surface area contributed by atoms with E-state index in [0.717, 1.165) is 10.2 Å². The number of thiazole rings is 1. The molecule has 2 heterocycles. The van der Waals surface area contributed by atoms with Crippen LogP contribution in [0.1, 0.15) is 0 Å². The van der Waals surface area contributed by atoms with E-state index in [4.69, 9.17) is 0 Å². The zero-order valence-electron chi connectivity index (χ0n) is 10.8. The van der Waals surface area contributed by atoms with Gasteiger partial charge in [-0.25, -0.2) is 4.57 Å². The minimum Gasteiger partial charge on any atom is -0.385 e. The monoisotopic (exact) mass is 287 g/mol. The van der Waals surface area contributed by atoms with E-state index < -0.39 is 6.10 Å². The topological polar surface area (TPSA) is 46.1 Å². The van der Waals surface area contributed by atoms with Gasteiger partial charge in [0.1, 0.15) is 6.10 Å². The Morgan fingerprint density at radius 3 is 2.70 bits per heavy atom. The molecule has 3 rings (SSSR count). The van der Waals surface area contributed by atoms with E-state index in [1.165, 1.54) is 11.3 Å². The standard InChI is InChI=1S/C15H15N2O2S/c18-12(10-16-8-4-1-5-9-16)11-17-13-6-2-3-7-14(13)20-15(17)19/h1-9,12,18H,10-11H2/q+1. The van der Waals surface area contributed by atoms with Crippen molar-refractivity contribution in [1.82, 2.24) is 4.57 Å². The zero-order chi connectivity index (χ0) is 13.9. The number of aliphatic hydroxyl groups is 1. The van der Waals surface area contributed by atoms with E-state index >= 15 is 0 Å². The van der Waals surface area contributed by atoms with E-state index in [2.05, 4.69) is 0 Å². The van der Waals surface area contributed by atoms with Crippen molar-refractivity contribution in [3.05, 3.63) is 64.5 Å². The Morgan fingerprint density at radius 1 is 1.15 bits per heavy atom. The van der Waals surface area contributed by atoms with Crippen molar-refractivity contribution in [2.24, 2.45) is 0 Å². The van der Waals surface area contributed by atoms with Crippen LogP contribution in [0.5, 0.6) is 0 Å². The van der Waals surface area contributed by atoms with Crippen molar-refractivity contribution in [1.29, 1.82) is 0 Å². The summed E-state index contributed by atoms with van der Waals surface area (Å²) in [5.74, 6) is 0. The molecule has 102 valence electrons. The Morgan fingerprint density at radius 2 is 1.90 bits per heavy atom. The van der Waals surface area contributed by atoms with Gasteiger partial charge >= 0.3 is 4.87 Å². The molecule has 0 bridgehead atoms. The van der Waals surface area contributed by atoms with E-state index in [-0.39, 0.29) is 4.87 Å². The maximum Gasteiger partial charge on any atom is 0.308 e. The predicted molar refractivity (Wildman–Crippen MR) is 78.7 cm³/mol. The molecule has 1 unspecified atom stereocenters. The van der Waals surface area contributed by atoms with E-state index in [1.54, 1.807) is 4.57 Å². The Hall–Kier alpha value is -1.98. The second kappa shape index (κ2) is 5.56. The summed E-state index contributed by atoms with van der Waals surface area (Å²) in [5, 5.41) is 10.2. The van der Waals surface area contributed by atoms with Crippen LogP contribution < -0.4 is 9.44 Å². The summed E-state index contributed by atoms with van der Waals surface area (Å²) < 4.78 is 4.51. The molecule has 0 saturated heterocycles. The first-order valence-corrected chi connectivity index (χ1v) is 7.26. The van der Waals surface area contributed by atoms with Gasteiger partial charge in [0, 0.05) is 12.1 Å². The first-order chi connectivity index (χ1) is 9.74. The minimum absolute atomic E-state index is 0.0247. The summed E-state index contributed by atoms with van der Waals surface area (Å²) in [4.78, 5) is 12.0. The lowest BCUT2D eigenvalue weighted by molar-refractivity contribution is -0.703. The van der Waals surface area contributed by atoms with E-state index in [0.29, 0.717) is 13.1 Å². The molecule has 0 aliphatic carbocycles. The number of hydrogen-bond acceptors (Lipinski definition) is 3. The van der Waals surface area contributed by atoms with Gasteiger partial charge in [-0.3, -0.25) is 9.36 Å².